The normalized spacial score (nSPS) is 9.48. The Morgan fingerprint density at radius 2 is 0.926 bits per heavy atom. The van der Waals surface area contributed by atoms with E-state index in [1.165, 1.54) is 71.9 Å². The van der Waals surface area contributed by atoms with Crippen molar-refractivity contribution in [3.63, 3.8) is 0 Å². The molecule has 0 nitrogen and oxygen atoms in total. The largest absolute Gasteiger partial charge is 4.00 e. The van der Waals surface area contributed by atoms with Crippen LogP contribution in [0.25, 0.3) is 0 Å². The monoisotopic (exact) mass is 486 g/mol. The van der Waals surface area contributed by atoms with Crippen molar-refractivity contribution in [2.45, 2.75) is 93.9 Å². The van der Waals surface area contributed by atoms with Crippen LogP contribution in [0.15, 0.2) is 12.1 Å². The van der Waals surface area contributed by atoms with Crippen molar-refractivity contribution in [1.82, 2.24) is 0 Å². The molecule has 152 valence electrons. The van der Waals surface area contributed by atoms with Crippen molar-refractivity contribution in [2.75, 3.05) is 0 Å². The molecule has 2 aromatic rings. The molecule has 0 bridgehead atoms. The Balaban J connectivity index is -0.000000384. The van der Waals surface area contributed by atoms with Crippen molar-refractivity contribution >= 4 is 0 Å². The molecule has 2 rings (SSSR count). The van der Waals surface area contributed by atoms with Gasteiger partial charge >= 0.3 is 26.2 Å². The molecule has 3 heteroatoms. The first kappa shape index (κ1) is 31.8. The van der Waals surface area contributed by atoms with E-state index >= 15 is 0 Å². The van der Waals surface area contributed by atoms with Crippen LogP contribution in [0.1, 0.15) is 84.0 Å². The zero-order valence-corrected chi connectivity index (χ0v) is 22.6. The molecule has 0 aliphatic heterocycles. The predicted molar refractivity (Wildman–Crippen MR) is 110 cm³/mol. The van der Waals surface area contributed by atoms with Gasteiger partial charge in [-0.05, 0) is 0 Å². The fourth-order valence-corrected chi connectivity index (χ4v) is 3.28. The van der Waals surface area contributed by atoms with Gasteiger partial charge in [0.25, 0.3) is 0 Å². The molecule has 27 heavy (non-hydrogen) atoms. The molecule has 0 unspecified atom stereocenters. The van der Waals surface area contributed by atoms with E-state index in [4.69, 9.17) is 0 Å². The van der Waals surface area contributed by atoms with Crippen LogP contribution in [-0.2, 0) is 39.0 Å². The summed E-state index contributed by atoms with van der Waals surface area (Å²) in [5.41, 5.74) is 12.0. The van der Waals surface area contributed by atoms with Crippen LogP contribution in [0.4, 0.5) is 0 Å². The van der Waals surface area contributed by atoms with Gasteiger partial charge in [-0.15, -0.1) is 0 Å². The summed E-state index contributed by atoms with van der Waals surface area (Å²) in [6, 6.07) is 4.70. The van der Waals surface area contributed by atoms with Crippen LogP contribution in [0.5, 0.6) is 0 Å². The second-order valence-corrected chi connectivity index (χ2v) is 7.41. The summed E-state index contributed by atoms with van der Waals surface area (Å²) < 4.78 is 0. The maximum absolute atomic E-state index is 2.35. The third kappa shape index (κ3) is 9.47. The van der Waals surface area contributed by atoms with Gasteiger partial charge in [0.2, 0.25) is 0 Å². The maximum Gasteiger partial charge on any atom is 4.00 e. The molecule has 0 N–H and O–H groups in total. The molecule has 0 heterocycles. The molecule has 0 saturated carbocycles. The van der Waals surface area contributed by atoms with Gasteiger partial charge < -0.3 is 24.8 Å². The van der Waals surface area contributed by atoms with Crippen LogP contribution in [0.3, 0.4) is 0 Å². The SMILES string of the molecule is CCCC[c-]1cc(C)c(C)c1C.CCCC[c-]1cc(C)c(C)c1C.[Cl-].[Cl-].[Zr+4]. The molecule has 0 spiro atoms. The van der Waals surface area contributed by atoms with E-state index in [9.17, 15) is 0 Å². The van der Waals surface area contributed by atoms with Crippen LogP contribution < -0.4 is 24.8 Å². The van der Waals surface area contributed by atoms with Crippen molar-refractivity contribution in [3.8, 4) is 0 Å². The Hall–Kier alpha value is 0.163. The third-order valence-corrected chi connectivity index (χ3v) is 5.65. The predicted octanol–water partition coefficient (Wildman–Crippen LogP) is 1.35. The van der Waals surface area contributed by atoms with Gasteiger partial charge in [-0.2, -0.15) is 56.6 Å². The van der Waals surface area contributed by atoms with Crippen molar-refractivity contribution < 1.29 is 51.0 Å². The Morgan fingerprint density at radius 1 is 0.630 bits per heavy atom. The summed E-state index contributed by atoms with van der Waals surface area (Å²) in [7, 11) is 0. The van der Waals surface area contributed by atoms with Crippen LogP contribution >= 0.6 is 0 Å². The molecule has 0 atom stereocenters. The molecule has 0 radical (unpaired) electrons. The summed E-state index contributed by atoms with van der Waals surface area (Å²) >= 11 is 0. The molecular weight excluding hydrogens is 450 g/mol. The van der Waals surface area contributed by atoms with Gasteiger partial charge in [0, 0.05) is 0 Å². The zero-order chi connectivity index (χ0) is 18.3. The average molecular weight is 489 g/mol. The Morgan fingerprint density at radius 3 is 1.11 bits per heavy atom. The summed E-state index contributed by atoms with van der Waals surface area (Å²) in [5, 5.41) is 0. The maximum atomic E-state index is 2.35. The van der Waals surface area contributed by atoms with Gasteiger partial charge in [0.15, 0.2) is 0 Å². The van der Waals surface area contributed by atoms with Gasteiger partial charge in [0.05, 0.1) is 0 Å². The van der Waals surface area contributed by atoms with E-state index < -0.39 is 0 Å². The van der Waals surface area contributed by atoms with E-state index in [1.807, 2.05) is 0 Å². The molecule has 0 amide bonds. The number of unbranched alkanes of at least 4 members (excludes halogenated alkanes) is 2. The minimum atomic E-state index is 0. The number of hydrogen-bond acceptors (Lipinski definition) is 0. The number of hydrogen-bond donors (Lipinski definition) is 0. The molecular formula is C24H38Cl2Zr. The van der Waals surface area contributed by atoms with Gasteiger partial charge in [0.1, 0.15) is 0 Å². The van der Waals surface area contributed by atoms with Crippen LogP contribution in [-0.4, -0.2) is 0 Å². The Kier molecular flexibility index (Phi) is 18.9. The zero-order valence-electron chi connectivity index (χ0n) is 18.7. The van der Waals surface area contributed by atoms with Crippen molar-refractivity contribution in [1.29, 1.82) is 0 Å². The third-order valence-electron chi connectivity index (χ3n) is 5.65. The Bertz CT molecular complexity index is 579. The van der Waals surface area contributed by atoms with Gasteiger partial charge in [-0.1, -0.05) is 93.9 Å². The first-order valence-electron chi connectivity index (χ1n) is 9.78. The Labute approximate surface area is 200 Å². The van der Waals surface area contributed by atoms with E-state index in [2.05, 4.69) is 67.5 Å². The summed E-state index contributed by atoms with van der Waals surface area (Å²) in [5.74, 6) is 0. The summed E-state index contributed by atoms with van der Waals surface area (Å²) in [4.78, 5) is 0. The standard InChI is InChI=1S/2C12H19.2ClH.Zr/c2*1-5-6-7-12-8-9(2)10(3)11(12)4;;;/h2*8H,5-7H2,1-4H3;2*1H;/q2*-1;;;+4/p-2. The minimum Gasteiger partial charge on any atom is -1.00 e. The van der Waals surface area contributed by atoms with Crippen molar-refractivity contribution in [3.05, 3.63) is 56.6 Å². The summed E-state index contributed by atoms with van der Waals surface area (Å²) in [6.45, 7) is 17.8. The molecule has 0 aliphatic carbocycles. The van der Waals surface area contributed by atoms with E-state index in [-0.39, 0.29) is 51.0 Å². The fourth-order valence-electron chi connectivity index (χ4n) is 3.28. The van der Waals surface area contributed by atoms with Gasteiger partial charge in [-0.25, -0.2) is 0 Å². The van der Waals surface area contributed by atoms with Crippen LogP contribution in [0.2, 0.25) is 0 Å². The van der Waals surface area contributed by atoms with E-state index in [0.29, 0.717) is 0 Å². The first-order chi connectivity index (χ1) is 11.3. The van der Waals surface area contributed by atoms with Gasteiger partial charge in [-0.3, -0.25) is 0 Å². The molecule has 0 fully saturated rings. The van der Waals surface area contributed by atoms with Crippen LogP contribution in [0, 0.1) is 41.5 Å². The van der Waals surface area contributed by atoms with E-state index in [1.54, 1.807) is 11.1 Å². The second kappa shape index (κ2) is 16.0. The number of rotatable bonds is 6. The van der Waals surface area contributed by atoms with E-state index in [0.717, 1.165) is 0 Å². The molecule has 2 aromatic carbocycles. The summed E-state index contributed by atoms with van der Waals surface area (Å²) in [6.07, 6.45) is 7.76. The molecule has 0 aromatic heterocycles. The average Bonchev–Trinajstić information content (AvgIpc) is 2.96. The quantitative estimate of drug-likeness (QED) is 0.539. The smallest absolute Gasteiger partial charge is 1.00 e. The van der Waals surface area contributed by atoms with Crippen molar-refractivity contribution in [2.24, 2.45) is 0 Å². The number of halogens is 2. The minimum absolute atomic E-state index is 0. The first-order valence-corrected chi connectivity index (χ1v) is 9.78. The number of aryl methyl sites for hydroxylation is 4. The molecule has 0 saturated heterocycles. The second-order valence-electron chi connectivity index (χ2n) is 7.41. The molecule has 0 aliphatic rings. The fraction of sp³-hybridized carbons (Fsp3) is 0.583. The topological polar surface area (TPSA) is 0 Å².